The van der Waals surface area contributed by atoms with Gasteiger partial charge in [0.05, 0.1) is 0 Å². The van der Waals surface area contributed by atoms with Gasteiger partial charge in [0.2, 0.25) is 0 Å². The number of aliphatic imine (C=N–C) groups is 1. The molecule has 0 aromatic carbocycles. The van der Waals surface area contributed by atoms with Gasteiger partial charge in [-0.1, -0.05) is 5.57 Å². The summed E-state index contributed by atoms with van der Waals surface area (Å²) in [5.41, 5.74) is 2.17. The molecular formula is C11H15N3S. The Morgan fingerprint density at radius 2 is 2.40 bits per heavy atom. The van der Waals surface area contributed by atoms with Crippen molar-refractivity contribution in [1.29, 1.82) is 5.41 Å². The molecule has 0 radical (unpaired) electrons. The average Bonchev–Trinajstić information content (AvgIpc) is 2.25. The number of nitrogens with zero attached hydrogens (tertiary/aromatic N) is 1. The first-order valence-electron chi connectivity index (χ1n) is 4.68. The standard InChI is InChI=1S/C11H15N3S/c1-9(2)7-15-8-10(6-12)11-13-4-3-5-14-11/h3-7,12-13H,8H2,1-2H3/b11-10-,12-6?. The molecule has 1 aliphatic heterocycles. The highest BCUT2D eigenvalue weighted by Crippen LogP contribution is 2.13. The summed E-state index contributed by atoms with van der Waals surface area (Å²) in [4.78, 5) is 4.17. The van der Waals surface area contributed by atoms with Crippen LogP contribution in [0.5, 0.6) is 0 Å². The molecule has 3 nitrogen and oxygen atoms in total. The zero-order valence-corrected chi connectivity index (χ0v) is 9.77. The Morgan fingerprint density at radius 3 is 2.93 bits per heavy atom. The van der Waals surface area contributed by atoms with E-state index in [9.17, 15) is 0 Å². The van der Waals surface area contributed by atoms with Crippen LogP contribution in [0.3, 0.4) is 0 Å². The third-order valence-corrected chi connectivity index (χ3v) is 2.76. The van der Waals surface area contributed by atoms with E-state index >= 15 is 0 Å². The van der Waals surface area contributed by atoms with Crippen molar-refractivity contribution in [2.24, 2.45) is 4.99 Å². The Morgan fingerprint density at radius 1 is 1.60 bits per heavy atom. The maximum Gasteiger partial charge on any atom is 0.135 e. The molecule has 4 heteroatoms. The van der Waals surface area contributed by atoms with Gasteiger partial charge in [0.15, 0.2) is 0 Å². The minimum absolute atomic E-state index is 0.766. The molecule has 15 heavy (non-hydrogen) atoms. The minimum Gasteiger partial charge on any atom is -0.346 e. The van der Waals surface area contributed by atoms with E-state index in [4.69, 9.17) is 5.41 Å². The smallest absolute Gasteiger partial charge is 0.135 e. The second-order valence-corrected chi connectivity index (χ2v) is 4.16. The summed E-state index contributed by atoms with van der Waals surface area (Å²) >= 11 is 1.68. The van der Waals surface area contributed by atoms with Crippen LogP contribution in [-0.4, -0.2) is 18.2 Å². The molecule has 0 aromatic heterocycles. The van der Waals surface area contributed by atoms with Crippen molar-refractivity contribution >= 4 is 24.2 Å². The lowest BCUT2D eigenvalue weighted by atomic mass is 10.3. The molecular weight excluding hydrogens is 206 g/mol. The fourth-order valence-corrected chi connectivity index (χ4v) is 1.79. The molecule has 1 heterocycles. The van der Waals surface area contributed by atoms with Gasteiger partial charge in [0.1, 0.15) is 5.82 Å². The first-order valence-corrected chi connectivity index (χ1v) is 5.73. The number of hydrogen-bond acceptors (Lipinski definition) is 4. The largest absolute Gasteiger partial charge is 0.346 e. The lowest BCUT2D eigenvalue weighted by molar-refractivity contribution is 1.00. The lowest BCUT2D eigenvalue weighted by Crippen LogP contribution is -2.11. The maximum absolute atomic E-state index is 7.33. The molecule has 1 rings (SSSR count). The number of thioether (sulfide) groups is 1. The van der Waals surface area contributed by atoms with Crippen LogP contribution in [0.4, 0.5) is 0 Å². The van der Waals surface area contributed by atoms with Crippen LogP contribution in [-0.2, 0) is 0 Å². The number of allylic oxidation sites excluding steroid dienone is 2. The molecule has 0 saturated carbocycles. The summed E-state index contributed by atoms with van der Waals surface area (Å²) < 4.78 is 0. The topological polar surface area (TPSA) is 48.2 Å². The zero-order valence-electron chi connectivity index (χ0n) is 8.95. The Hall–Kier alpha value is -1.29. The molecule has 0 aromatic rings. The molecule has 0 bridgehead atoms. The van der Waals surface area contributed by atoms with Gasteiger partial charge in [-0.2, -0.15) is 0 Å². The molecule has 0 unspecified atom stereocenters. The molecule has 0 saturated heterocycles. The van der Waals surface area contributed by atoms with Gasteiger partial charge in [0.25, 0.3) is 0 Å². The predicted molar refractivity (Wildman–Crippen MR) is 68.5 cm³/mol. The lowest BCUT2D eigenvalue weighted by Gasteiger charge is -2.08. The van der Waals surface area contributed by atoms with Gasteiger partial charge in [-0.05, 0) is 25.3 Å². The third kappa shape index (κ3) is 4.16. The Labute approximate surface area is 94.6 Å². The van der Waals surface area contributed by atoms with E-state index in [1.165, 1.54) is 11.8 Å². The zero-order chi connectivity index (χ0) is 11.1. The summed E-state index contributed by atoms with van der Waals surface area (Å²) in [7, 11) is 0. The average molecular weight is 221 g/mol. The summed E-state index contributed by atoms with van der Waals surface area (Å²) in [6.07, 6.45) is 6.72. The summed E-state index contributed by atoms with van der Waals surface area (Å²) in [6, 6.07) is 0. The van der Waals surface area contributed by atoms with Crippen LogP contribution < -0.4 is 5.32 Å². The number of hydrogen-bond donors (Lipinski definition) is 2. The minimum atomic E-state index is 0.766. The molecule has 80 valence electrons. The van der Waals surface area contributed by atoms with E-state index in [0.29, 0.717) is 0 Å². The van der Waals surface area contributed by atoms with Gasteiger partial charge in [-0.15, -0.1) is 11.8 Å². The van der Waals surface area contributed by atoms with Gasteiger partial charge in [-0.3, -0.25) is 0 Å². The Bertz CT molecular complexity index is 347. The molecule has 1 aliphatic rings. The molecule has 2 N–H and O–H groups in total. The Balaban J connectivity index is 2.63. The van der Waals surface area contributed by atoms with E-state index in [1.54, 1.807) is 18.0 Å². The van der Waals surface area contributed by atoms with Gasteiger partial charge < -0.3 is 10.7 Å². The first-order chi connectivity index (χ1) is 7.24. The van der Waals surface area contributed by atoms with Crippen LogP contribution in [0.25, 0.3) is 0 Å². The Kier molecular flexibility index (Phi) is 4.90. The van der Waals surface area contributed by atoms with Crippen molar-refractivity contribution in [2.45, 2.75) is 13.8 Å². The highest BCUT2D eigenvalue weighted by molar-refractivity contribution is 8.02. The summed E-state index contributed by atoms with van der Waals surface area (Å²) in [5, 5.41) is 12.4. The van der Waals surface area contributed by atoms with Crippen LogP contribution in [0.2, 0.25) is 0 Å². The van der Waals surface area contributed by atoms with E-state index in [2.05, 4.69) is 29.6 Å². The van der Waals surface area contributed by atoms with Crippen molar-refractivity contribution in [3.8, 4) is 0 Å². The molecule has 0 spiro atoms. The molecule has 0 fully saturated rings. The third-order valence-electron chi connectivity index (χ3n) is 1.64. The fourth-order valence-electron chi connectivity index (χ4n) is 0.977. The second kappa shape index (κ2) is 6.24. The van der Waals surface area contributed by atoms with Gasteiger partial charge >= 0.3 is 0 Å². The van der Waals surface area contributed by atoms with Crippen molar-refractivity contribution < 1.29 is 0 Å². The normalized spacial score (nSPS) is 16.9. The van der Waals surface area contributed by atoms with E-state index < -0.39 is 0 Å². The summed E-state index contributed by atoms with van der Waals surface area (Å²) in [5.74, 6) is 1.53. The van der Waals surface area contributed by atoms with Gasteiger partial charge in [0, 0.05) is 30.0 Å². The summed E-state index contributed by atoms with van der Waals surface area (Å²) in [6.45, 7) is 4.12. The molecule has 0 aliphatic carbocycles. The first kappa shape index (κ1) is 11.8. The highest BCUT2D eigenvalue weighted by Gasteiger charge is 2.03. The monoisotopic (exact) mass is 221 g/mol. The van der Waals surface area contributed by atoms with Crippen LogP contribution in [0.1, 0.15) is 13.8 Å². The van der Waals surface area contributed by atoms with Crippen LogP contribution >= 0.6 is 11.8 Å². The number of rotatable bonds is 4. The van der Waals surface area contributed by atoms with Crippen molar-refractivity contribution in [2.75, 3.05) is 5.75 Å². The van der Waals surface area contributed by atoms with Crippen molar-refractivity contribution in [1.82, 2.24) is 5.32 Å². The molecule has 0 atom stereocenters. The van der Waals surface area contributed by atoms with E-state index in [-0.39, 0.29) is 0 Å². The van der Waals surface area contributed by atoms with Crippen molar-refractivity contribution in [3.05, 3.63) is 34.7 Å². The van der Waals surface area contributed by atoms with Crippen LogP contribution in [0.15, 0.2) is 39.6 Å². The van der Waals surface area contributed by atoms with Crippen molar-refractivity contribution in [3.63, 3.8) is 0 Å². The molecule has 0 amide bonds. The van der Waals surface area contributed by atoms with Crippen LogP contribution in [0, 0.1) is 5.41 Å². The quantitative estimate of drug-likeness (QED) is 0.717. The van der Waals surface area contributed by atoms with E-state index in [1.807, 2.05) is 12.3 Å². The fraction of sp³-hybridized carbons (Fsp3) is 0.273. The second-order valence-electron chi connectivity index (χ2n) is 3.31. The van der Waals surface area contributed by atoms with Gasteiger partial charge in [-0.25, -0.2) is 4.99 Å². The SMILES string of the molecule is CC(C)=CSC/C(C=N)=C1\N=CC=CN1. The maximum atomic E-state index is 7.33. The predicted octanol–water partition coefficient (Wildman–Crippen LogP) is 2.69. The highest BCUT2D eigenvalue weighted by atomic mass is 32.2. The number of nitrogens with one attached hydrogen (secondary N) is 2. The van der Waals surface area contributed by atoms with E-state index in [0.717, 1.165) is 17.1 Å².